The summed E-state index contributed by atoms with van der Waals surface area (Å²) in [6, 6.07) is 14.9. The minimum atomic E-state index is -0.434. The molecule has 7 heteroatoms. The van der Waals surface area contributed by atoms with E-state index in [9.17, 15) is 18.8 Å². The van der Waals surface area contributed by atoms with Gasteiger partial charge in [-0.3, -0.25) is 14.4 Å². The summed E-state index contributed by atoms with van der Waals surface area (Å²) >= 11 is 0. The number of carbonyl (C=O) groups is 2. The average Bonchev–Trinajstić information content (AvgIpc) is 2.64. The molecule has 0 fully saturated rings. The first kappa shape index (κ1) is 18.2. The second-order valence-corrected chi connectivity index (χ2v) is 5.90. The number of amides is 1. The molecule has 0 atom stereocenters. The van der Waals surface area contributed by atoms with Crippen LogP contribution in [0.4, 0.5) is 10.1 Å². The number of rotatable bonds is 5. The number of nitrogens with zero attached hydrogens (tertiary/aromatic N) is 2. The van der Waals surface area contributed by atoms with Crippen LogP contribution in [0.5, 0.6) is 0 Å². The Morgan fingerprint density at radius 3 is 2.30 bits per heavy atom. The molecule has 0 saturated heterocycles. The molecule has 0 aliphatic carbocycles. The molecule has 1 heterocycles. The van der Waals surface area contributed by atoms with Crippen molar-refractivity contribution in [1.82, 2.24) is 9.78 Å². The third kappa shape index (κ3) is 4.52. The lowest BCUT2D eigenvalue weighted by Gasteiger charge is -2.09. The number of benzene rings is 2. The fourth-order valence-electron chi connectivity index (χ4n) is 2.46. The highest BCUT2D eigenvalue weighted by molar-refractivity contribution is 5.95. The molecule has 3 aromatic rings. The maximum Gasteiger partial charge on any atom is 0.267 e. The van der Waals surface area contributed by atoms with Gasteiger partial charge in [-0.25, -0.2) is 9.07 Å². The Morgan fingerprint density at radius 1 is 1.00 bits per heavy atom. The topological polar surface area (TPSA) is 81.1 Å². The minimum Gasteiger partial charge on any atom is -0.324 e. The van der Waals surface area contributed by atoms with Gasteiger partial charge in [0.2, 0.25) is 5.91 Å². The number of anilines is 1. The van der Waals surface area contributed by atoms with Gasteiger partial charge in [0.1, 0.15) is 12.4 Å². The summed E-state index contributed by atoms with van der Waals surface area (Å²) in [5.74, 6) is -0.875. The number of carbonyl (C=O) groups excluding carboxylic acids is 2. The average molecular weight is 365 g/mol. The van der Waals surface area contributed by atoms with E-state index in [0.717, 1.165) is 4.68 Å². The zero-order valence-corrected chi connectivity index (χ0v) is 14.5. The summed E-state index contributed by atoms with van der Waals surface area (Å²) in [6.07, 6.45) is 0. The van der Waals surface area contributed by atoms with Gasteiger partial charge in [-0.05, 0) is 61.5 Å². The Balaban J connectivity index is 1.75. The monoisotopic (exact) mass is 365 g/mol. The Bertz CT molecular complexity index is 1040. The molecule has 2 aromatic carbocycles. The highest BCUT2D eigenvalue weighted by Gasteiger charge is 2.09. The lowest BCUT2D eigenvalue weighted by Crippen LogP contribution is -2.29. The predicted molar refractivity (Wildman–Crippen MR) is 99.0 cm³/mol. The Labute approximate surface area is 154 Å². The molecule has 0 spiro atoms. The van der Waals surface area contributed by atoms with Crippen LogP contribution in [0.2, 0.25) is 0 Å². The van der Waals surface area contributed by atoms with Crippen LogP contribution in [-0.4, -0.2) is 21.5 Å². The predicted octanol–water partition coefficient (Wildman–Crippen LogP) is 2.89. The van der Waals surface area contributed by atoms with Gasteiger partial charge in [0.05, 0.1) is 5.69 Å². The molecular formula is C20H16FN3O3. The van der Waals surface area contributed by atoms with Crippen LogP contribution in [0.1, 0.15) is 17.3 Å². The van der Waals surface area contributed by atoms with Crippen molar-refractivity contribution in [2.24, 2.45) is 0 Å². The number of hydrogen-bond donors (Lipinski definition) is 1. The molecule has 27 heavy (non-hydrogen) atoms. The standard InChI is InChI=1S/C20H16FN3O3/c1-13(25)14-4-8-17(9-5-14)22-19(26)12-24-20(27)11-10-18(23-24)15-2-6-16(21)7-3-15/h2-11H,12H2,1H3,(H,22,26). The second kappa shape index (κ2) is 7.74. The summed E-state index contributed by atoms with van der Waals surface area (Å²) in [6.45, 7) is 1.18. The first-order valence-electron chi connectivity index (χ1n) is 8.17. The molecule has 6 nitrogen and oxygen atoms in total. The van der Waals surface area contributed by atoms with Crippen LogP contribution in [0.15, 0.2) is 65.5 Å². The molecule has 1 aromatic heterocycles. The van der Waals surface area contributed by atoms with Crippen molar-refractivity contribution in [2.75, 3.05) is 5.32 Å². The minimum absolute atomic E-state index is 0.0683. The number of nitrogens with one attached hydrogen (secondary N) is 1. The lowest BCUT2D eigenvalue weighted by molar-refractivity contribution is -0.117. The molecule has 0 bridgehead atoms. The molecule has 1 N–H and O–H groups in total. The van der Waals surface area contributed by atoms with Crippen molar-refractivity contribution >= 4 is 17.4 Å². The fourth-order valence-corrected chi connectivity index (χ4v) is 2.46. The maximum atomic E-state index is 13.0. The Kier molecular flexibility index (Phi) is 5.21. The molecule has 1 amide bonds. The van der Waals surface area contributed by atoms with E-state index < -0.39 is 11.5 Å². The van der Waals surface area contributed by atoms with Crippen LogP contribution >= 0.6 is 0 Å². The van der Waals surface area contributed by atoms with Crippen molar-refractivity contribution < 1.29 is 14.0 Å². The molecule has 0 unspecified atom stereocenters. The van der Waals surface area contributed by atoms with Gasteiger partial charge < -0.3 is 5.32 Å². The molecule has 0 aliphatic rings. The van der Waals surface area contributed by atoms with E-state index in [1.54, 1.807) is 36.4 Å². The third-order valence-electron chi connectivity index (χ3n) is 3.88. The summed E-state index contributed by atoms with van der Waals surface area (Å²) < 4.78 is 14.1. The van der Waals surface area contributed by atoms with Gasteiger partial charge in [-0.2, -0.15) is 5.10 Å². The molecular weight excluding hydrogens is 349 g/mol. The van der Waals surface area contributed by atoms with Gasteiger partial charge in [0, 0.05) is 22.9 Å². The summed E-state index contributed by atoms with van der Waals surface area (Å²) in [5, 5.41) is 6.82. The van der Waals surface area contributed by atoms with Crippen molar-refractivity contribution in [3.8, 4) is 11.3 Å². The number of aromatic nitrogens is 2. The summed E-state index contributed by atoms with van der Waals surface area (Å²) in [5.41, 5.74) is 1.70. The SMILES string of the molecule is CC(=O)c1ccc(NC(=O)Cn2nc(-c3ccc(F)cc3)ccc2=O)cc1. The van der Waals surface area contributed by atoms with Crippen LogP contribution in [0.25, 0.3) is 11.3 Å². The van der Waals surface area contributed by atoms with Gasteiger partial charge in [-0.1, -0.05) is 0 Å². The second-order valence-electron chi connectivity index (χ2n) is 5.90. The van der Waals surface area contributed by atoms with Crippen LogP contribution in [0.3, 0.4) is 0 Å². The van der Waals surface area contributed by atoms with E-state index in [4.69, 9.17) is 0 Å². The van der Waals surface area contributed by atoms with Crippen molar-refractivity contribution in [3.05, 3.63) is 82.4 Å². The van der Waals surface area contributed by atoms with Gasteiger partial charge in [0.25, 0.3) is 5.56 Å². The van der Waals surface area contributed by atoms with E-state index in [-0.39, 0.29) is 18.1 Å². The zero-order chi connectivity index (χ0) is 19.4. The highest BCUT2D eigenvalue weighted by Crippen LogP contribution is 2.15. The normalized spacial score (nSPS) is 10.4. The van der Waals surface area contributed by atoms with E-state index in [2.05, 4.69) is 10.4 Å². The molecule has 136 valence electrons. The molecule has 0 aliphatic heterocycles. The quantitative estimate of drug-likeness (QED) is 0.705. The maximum absolute atomic E-state index is 13.0. The van der Waals surface area contributed by atoms with Crippen molar-refractivity contribution in [1.29, 1.82) is 0 Å². The summed E-state index contributed by atoms with van der Waals surface area (Å²) in [7, 11) is 0. The Hall–Kier alpha value is -3.61. The molecule has 3 rings (SSSR count). The fraction of sp³-hybridized carbons (Fsp3) is 0.100. The number of ketones is 1. The van der Waals surface area contributed by atoms with E-state index >= 15 is 0 Å². The summed E-state index contributed by atoms with van der Waals surface area (Å²) in [4.78, 5) is 35.5. The first-order chi connectivity index (χ1) is 12.9. The smallest absolute Gasteiger partial charge is 0.267 e. The molecule has 0 radical (unpaired) electrons. The van der Waals surface area contributed by atoms with Gasteiger partial charge in [0.15, 0.2) is 5.78 Å². The zero-order valence-electron chi connectivity index (χ0n) is 14.5. The first-order valence-corrected chi connectivity index (χ1v) is 8.17. The Morgan fingerprint density at radius 2 is 1.67 bits per heavy atom. The van der Waals surface area contributed by atoms with Crippen molar-refractivity contribution in [2.45, 2.75) is 13.5 Å². The van der Waals surface area contributed by atoms with E-state index in [1.807, 2.05) is 0 Å². The van der Waals surface area contributed by atoms with Crippen LogP contribution in [0, 0.1) is 5.82 Å². The lowest BCUT2D eigenvalue weighted by atomic mass is 10.1. The van der Waals surface area contributed by atoms with E-state index in [1.165, 1.54) is 31.2 Å². The molecule has 0 saturated carbocycles. The van der Waals surface area contributed by atoms with Gasteiger partial charge in [-0.15, -0.1) is 0 Å². The van der Waals surface area contributed by atoms with Crippen molar-refractivity contribution in [3.63, 3.8) is 0 Å². The van der Waals surface area contributed by atoms with E-state index in [0.29, 0.717) is 22.5 Å². The number of hydrogen-bond acceptors (Lipinski definition) is 4. The number of Topliss-reactive ketones (excluding diaryl/α,β-unsaturated/α-hetero) is 1. The largest absolute Gasteiger partial charge is 0.324 e. The highest BCUT2D eigenvalue weighted by atomic mass is 19.1. The third-order valence-corrected chi connectivity index (χ3v) is 3.88. The van der Waals surface area contributed by atoms with Crippen LogP contribution in [-0.2, 0) is 11.3 Å². The number of halogens is 1. The van der Waals surface area contributed by atoms with Gasteiger partial charge >= 0.3 is 0 Å². The van der Waals surface area contributed by atoms with Crippen LogP contribution < -0.4 is 10.9 Å².